The average Bonchev–Trinajstić information content (AvgIpc) is 3.26. The zero-order valence-electron chi connectivity index (χ0n) is 18.0. The molecule has 8 heteroatoms. The van der Waals surface area contributed by atoms with E-state index in [1.807, 2.05) is 28.6 Å². The van der Waals surface area contributed by atoms with Crippen molar-refractivity contribution in [1.29, 1.82) is 0 Å². The third kappa shape index (κ3) is 7.25. The number of anilines is 1. The molecule has 2 aromatic heterocycles. The zero-order valence-corrected chi connectivity index (χ0v) is 22.0. The van der Waals surface area contributed by atoms with Crippen molar-refractivity contribution in [2.45, 2.75) is 19.4 Å². The number of rotatable bonds is 11. The highest BCUT2D eigenvalue weighted by molar-refractivity contribution is 9.11. The van der Waals surface area contributed by atoms with Crippen LogP contribution in [0.1, 0.15) is 17.5 Å². The quantitative estimate of drug-likeness (QED) is 0.153. The Balaban J connectivity index is 1.33. The second-order valence-corrected chi connectivity index (χ2v) is 10.4. The van der Waals surface area contributed by atoms with Crippen molar-refractivity contribution >= 4 is 59.2 Å². The maximum Gasteiger partial charge on any atom is 0.201 e. The number of aromatic amines is 1. The molecule has 0 radical (unpaired) electrons. The third-order valence-corrected chi connectivity index (χ3v) is 6.97. The maximum absolute atomic E-state index is 12.2. The minimum Gasteiger partial charge on any atom is -0.371 e. The Morgan fingerprint density at radius 1 is 1.00 bits per heavy atom. The number of halogens is 2. The van der Waals surface area contributed by atoms with Gasteiger partial charge in [-0.1, -0.05) is 62.2 Å². The first-order chi connectivity index (χ1) is 16.1. The molecule has 2 aromatic carbocycles. The second-order valence-electron chi connectivity index (χ2n) is 7.70. The maximum atomic E-state index is 12.2. The molecule has 0 saturated carbocycles. The lowest BCUT2D eigenvalue weighted by Crippen LogP contribution is -2.27. The molecule has 0 bridgehead atoms. The van der Waals surface area contributed by atoms with Gasteiger partial charge in [-0.3, -0.25) is 9.63 Å². The van der Waals surface area contributed by atoms with Gasteiger partial charge in [0, 0.05) is 34.6 Å². The highest BCUT2D eigenvalue weighted by Crippen LogP contribution is 2.21. The van der Waals surface area contributed by atoms with Crippen molar-refractivity contribution in [1.82, 2.24) is 10.0 Å². The number of fused-ring (bicyclic) bond motifs is 1. The van der Waals surface area contributed by atoms with Crippen LogP contribution in [0.3, 0.4) is 0 Å². The molecule has 0 saturated heterocycles. The van der Waals surface area contributed by atoms with E-state index in [0.717, 1.165) is 56.5 Å². The molecule has 0 aliphatic heterocycles. The summed E-state index contributed by atoms with van der Waals surface area (Å²) in [4.78, 5) is 21.7. The van der Waals surface area contributed by atoms with Crippen LogP contribution in [0.25, 0.3) is 10.2 Å². The topological polar surface area (TPSA) is 57.4 Å². The second kappa shape index (κ2) is 11.9. The highest BCUT2D eigenvalue weighted by atomic mass is 79.9. The summed E-state index contributed by atoms with van der Waals surface area (Å²) in [5.41, 5.74) is 3.35. The van der Waals surface area contributed by atoms with Crippen LogP contribution < -0.4 is 10.7 Å². The molecule has 0 aliphatic carbocycles. The molecule has 0 amide bonds. The number of thiophene rings is 1. The van der Waals surface area contributed by atoms with Crippen LogP contribution in [0.5, 0.6) is 0 Å². The van der Waals surface area contributed by atoms with Crippen molar-refractivity contribution in [2.75, 3.05) is 25.0 Å². The molecule has 33 heavy (non-hydrogen) atoms. The number of nitrogens with one attached hydrogen (secondary N) is 2. The summed E-state index contributed by atoms with van der Waals surface area (Å²) in [5, 5.41) is 7.28. The normalized spacial score (nSPS) is 11.4. The van der Waals surface area contributed by atoms with Crippen molar-refractivity contribution < 1.29 is 4.84 Å². The lowest BCUT2D eigenvalue weighted by atomic mass is 10.2. The molecule has 0 spiro atoms. The van der Waals surface area contributed by atoms with Gasteiger partial charge >= 0.3 is 0 Å². The van der Waals surface area contributed by atoms with Gasteiger partial charge in [0.2, 0.25) is 5.43 Å². The Hall–Kier alpha value is -1.97. The highest BCUT2D eigenvalue weighted by Gasteiger charge is 2.09. The number of hydrogen-bond donors (Lipinski definition) is 2. The van der Waals surface area contributed by atoms with Gasteiger partial charge in [0.25, 0.3) is 0 Å². The fourth-order valence-electron chi connectivity index (χ4n) is 3.58. The number of H-pyrrole nitrogens is 1. The van der Waals surface area contributed by atoms with Gasteiger partial charge in [0.05, 0.1) is 16.8 Å². The molecule has 0 aliphatic rings. The molecule has 2 heterocycles. The molecule has 0 atom stereocenters. The monoisotopic (exact) mass is 589 g/mol. The Bertz CT molecular complexity index is 1220. The summed E-state index contributed by atoms with van der Waals surface area (Å²) >= 11 is 8.60. The Labute approximate surface area is 214 Å². The van der Waals surface area contributed by atoms with Crippen LogP contribution in [0.2, 0.25) is 0 Å². The summed E-state index contributed by atoms with van der Waals surface area (Å²) in [6, 6.07) is 20.2. The minimum atomic E-state index is 0.0485. The van der Waals surface area contributed by atoms with Gasteiger partial charge in [-0.25, -0.2) is 0 Å². The third-order valence-electron chi connectivity index (χ3n) is 5.12. The van der Waals surface area contributed by atoms with E-state index < -0.39 is 0 Å². The van der Waals surface area contributed by atoms with E-state index in [2.05, 4.69) is 78.6 Å². The minimum absolute atomic E-state index is 0.0485. The van der Waals surface area contributed by atoms with Crippen molar-refractivity contribution in [2.24, 2.45) is 0 Å². The first-order valence-corrected chi connectivity index (χ1v) is 13.2. The number of nitrogens with zero attached hydrogens (tertiary/aromatic N) is 1. The molecular formula is C25H25Br2N3O2S. The molecule has 4 aromatic rings. The molecule has 4 rings (SSSR count). The fraction of sp³-hybridized carbons (Fsp3) is 0.240. The van der Waals surface area contributed by atoms with Crippen molar-refractivity contribution in [3.63, 3.8) is 0 Å². The van der Waals surface area contributed by atoms with E-state index in [0.29, 0.717) is 13.2 Å². The van der Waals surface area contributed by atoms with E-state index in [1.54, 1.807) is 6.07 Å². The number of aromatic nitrogens is 1. The molecule has 5 nitrogen and oxygen atoms in total. The summed E-state index contributed by atoms with van der Waals surface area (Å²) in [5.74, 6) is 0.748. The Morgan fingerprint density at radius 2 is 1.79 bits per heavy atom. The van der Waals surface area contributed by atoms with Crippen LogP contribution in [0, 0.1) is 0 Å². The largest absolute Gasteiger partial charge is 0.371 e. The van der Waals surface area contributed by atoms with Gasteiger partial charge in [-0.15, -0.1) is 11.3 Å². The summed E-state index contributed by atoms with van der Waals surface area (Å²) in [7, 11) is 0. The Kier molecular flexibility index (Phi) is 8.75. The van der Waals surface area contributed by atoms with Crippen molar-refractivity contribution in [3.8, 4) is 0 Å². The van der Waals surface area contributed by atoms with Gasteiger partial charge < -0.3 is 10.3 Å². The van der Waals surface area contributed by atoms with Crippen LogP contribution in [-0.2, 0) is 17.8 Å². The Morgan fingerprint density at radius 3 is 2.58 bits per heavy atom. The van der Waals surface area contributed by atoms with E-state index in [4.69, 9.17) is 4.84 Å². The molecule has 0 fully saturated rings. The first-order valence-electron chi connectivity index (χ1n) is 10.8. The van der Waals surface area contributed by atoms with Gasteiger partial charge in [-0.05, 0) is 53.6 Å². The standard InChI is InChI=1S/C25H25Br2N3O2S/c26-20-13-19(14-21(27)15-20)17-30(32-11-7-18-5-2-1-3-6-18)10-4-9-28-24-16-23(31)25-22(29-24)8-12-33-25/h1-3,5-6,8,12-16H,4,7,9-11,17H2,(H2,28,29,31). The number of pyridine rings is 1. The van der Waals surface area contributed by atoms with Crippen LogP contribution in [0.15, 0.2) is 79.8 Å². The molecule has 172 valence electrons. The van der Waals surface area contributed by atoms with Crippen molar-refractivity contribution in [3.05, 3.63) is 96.3 Å². The fourth-order valence-corrected chi connectivity index (χ4v) is 5.73. The molecule has 2 N–H and O–H groups in total. The smallest absolute Gasteiger partial charge is 0.201 e. The number of benzene rings is 2. The predicted molar refractivity (Wildman–Crippen MR) is 144 cm³/mol. The SMILES string of the molecule is O=c1cc(NCCCN(Cc2cc(Br)cc(Br)c2)OCCc2ccccc2)[nH]c2ccsc12. The molecule has 0 unspecified atom stereocenters. The number of hydrogen-bond acceptors (Lipinski definition) is 5. The summed E-state index contributed by atoms with van der Waals surface area (Å²) in [6.45, 7) is 2.79. The van der Waals surface area contributed by atoms with Crippen LogP contribution >= 0.6 is 43.2 Å². The zero-order chi connectivity index (χ0) is 23.0. The van der Waals surface area contributed by atoms with E-state index in [1.165, 1.54) is 16.9 Å². The summed E-state index contributed by atoms with van der Waals surface area (Å²) in [6.07, 6.45) is 1.73. The van der Waals surface area contributed by atoms with E-state index >= 15 is 0 Å². The van der Waals surface area contributed by atoms with E-state index in [9.17, 15) is 4.79 Å². The molecular weight excluding hydrogens is 566 g/mol. The predicted octanol–water partition coefficient (Wildman–Crippen LogP) is 6.59. The van der Waals surface area contributed by atoms with Crippen LogP contribution in [0.4, 0.5) is 5.82 Å². The number of hydroxylamine groups is 2. The first kappa shape index (κ1) is 24.2. The van der Waals surface area contributed by atoms with Gasteiger partial charge in [0.15, 0.2) is 0 Å². The summed E-state index contributed by atoms with van der Waals surface area (Å²) < 4.78 is 2.83. The van der Waals surface area contributed by atoms with E-state index in [-0.39, 0.29) is 5.43 Å². The van der Waals surface area contributed by atoms with Crippen LogP contribution in [-0.4, -0.2) is 29.7 Å². The van der Waals surface area contributed by atoms with Gasteiger partial charge in [-0.2, -0.15) is 5.06 Å². The average molecular weight is 591 g/mol. The lowest BCUT2D eigenvalue weighted by molar-refractivity contribution is -0.165. The van der Waals surface area contributed by atoms with Gasteiger partial charge in [0.1, 0.15) is 5.82 Å². The lowest BCUT2D eigenvalue weighted by Gasteiger charge is -2.22.